The van der Waals surface area contributed by atoms with E-state index in [-0.39, 0.29) is 0 Å². The van der Waals surface area contributed by atoms with Crippen LogP contribution >= 0.6 is 0 Å². The number of hydrogen-bond donors (Lipinski definition) is 0. The maximum Gasteiger partial charge on any atom is -0.0414 e. The molecule has 3 unspecified atom stereocenters. The number of rotatable bonds is 12. The van der Waals surface area contributed by atoms with Gasteiger partial charge in [-0.25, -0.2) is 0 Å². The van der Waals surface area contributed by atoms with Crippen molar-refractivity contribution < 1.29 is 0 Å². The summed E-state index contributed by atoms with van der Waals surface area (Å²) in [6.45, 7) is 11.8. The average molecular weight is 255 g/mol. The Balaban J connectivity index is 3.75. The SMILES string of the molecule is CCCC(CC)CC(CC)CCCCC(C)CC. The molecule has 110 valence electrons. The van der Waals surface area contributed by atoms with Gasteiger partial charge in [0, 0.05) is 0 Å². The highest BCUT2D eigenvalue weighted by molar-refractivity contribution is 4.65. The standard InChI is InChI=1S/C18H38/c1-6-12-17(8-3)15-18(9-4)14-11-10-13-16(5)7-2/h16-18H,6-15H2,1-5H3. The summed E-state index contributed by atoms with van der Waals surface area (Å²) in [6.07, 6.45) is 14.3. The lowest BCUT2D eigenvalue weighted by atomic mass is 9.85. The molecule has 0 nitrogen and oxygen atoms in total. The van der Waals surface area contributed by atoms with Gasteiger partial charge in [-0.3, -0.25) is 0 Å². The van der Waals surface area contributed by atoms with Crippen LogP contribution in [0.3, 0.4) is 0 Å². The van der Waals surface area contributed by atoms with Crippen LogP contribution < -0.4 is 0 Å². The first-order valence-corrected chi connectivity index (χ1v) is 8.67. The monoisotopic (exact) mass is 254 g/mol. The third kappa shape index (κ3) is 9.00. The van der Waals surface area contributed by atoms with E-state index < -0.39 is 0 Å². The highest BCUT2D eigenvalue weighted by Crippen LogP contribution is 2.27. The Morgan fingerprint density at radius 2 is 1.22 bits per heavy atom. The van der Waals surface area contributed by atoms with E-state index in [0.717, 1.165) is 17.8 Å². The minimum atomic E-state index is 0.938. The van der Waals surface area contributed by atoms with Gasteiger partial charge < -0.3 is 0 Å². The summed E-state index contributed by atoms with van der Waals surface area (Å²) in [6, 6.07) is 0. The van der Waals surface area contributed by atoms with Crippen LogP contribution in [0.25, 0.3) is 0 Å². The van der Waals surface area contributed by atoms with Crippen LogP contribution in [0.5, 0.6) is 0 Å². The van der Waals surface area contributed by atoms with Crippen LogP contribution in [0.1, 0.15) is 98.8 Å². The lowest BCUT2D eigenvalue weighted by Crippen LogP contribution is -2.08. The molecule has 0 N–H and O–H groups in total. The van der Waals surface area contributed by atoms with Crippen LogP contribution in [-0.2, 0) is 0 Å². The number of hydrogen-bond acceptors (Lipinski definition) is 0. The normalized spacial score (nSPS) is 16.5. The van der Waals surface area contributed by atoms with E-state index in [1.54, 1.807) is 0 Å². The molecule has 0 saturated heterocycles. The zero-order valence-corrected chi connectivity index (χ0v) is 13.8. The van der Waals surface area contributed by atoms with Crippen molar-refractivity contribution in [3.8, 4) is 0 Å². The largest absolute Gasteiger partial charge is 0.0654 e. The molecule has 0 aliphatic rings. The van der Waals surface area contributed by atoms with Gasteiger partial charge in [0.2, 0.25) is 0 Å². The molecule has 0 aromatic carbocycles. The third-order valence-corrected chi connectivity index (χ3v) is 4.77. The molecule has 0 aliphatic carbocycles. The van der Waals surface area contributed by atoms with Gasteiger partial charge in [-0.05, 0) is 24.2 Å². The Kier molecular flexibility index (Phi) is 12.1. The van der Waals surface area contributed by atoms with Gasteiger partial charge >= 0.3 is 0 Å². The van der Waals surface area contributed by atoms with Crippen molar-refractivity contribution in [2.24, 2.45) is 17.8 Å². The fourth-order valence-electron chi connectivity index (χ4n) is 2.99. The first kappa shape index (κ1) is 18.0. The Morgan fingerprint density at radius 3 is 1.72 bits per heavy atom. The summed E-state index contributed by atoms with van der Waals surface area (Å²) in [5.41, 5.74) is 0. The molecule has 0 heterocycles. The average Bonchev–Trinajstić information content (AvgIpc) is 2.40. The minimum Gasteiger partial charge on any atom is -0.0654 e. The van der Waals surface area contributed by atoms with Crippen molar-refractivity contribution in [3.05, 3.63) is 0 Å². The smallest absolute Gasteiger partial charge is 0.0414 e. The summed E-state index contributed by atoms with van der Waals surface area (Å²) in [5.74, 6) is 2.93. The van der Waals surface area contributed by atoms with Gasteiger partial charge in [0.1, 0.15) is 0 Å². The Hall–Kier alpha value is 0. The molecular weight excluding hydrogens is 216 g/mol. The van der Waals surface area contributed by atoms with E-state index in [4.69, 9.17) is 0 Å². The van der Waals surface area contributed by atoms with Crippen LogP contribution in [0, 0.1) is 17.8 Å². The molecule has 0 aromatic rings. The summed E-state index contributed by atoms with van der Waals surface area (Å²) in [7, 11) is 0. The summed E-state index contributed by atoms with van der Waals surface area (Å²) in [5, 5.41) is 0. The van der Waals surface area contributed by atoms with Crippen molar-refractivity contribution in [2.45, 2.75) is 98.8 Å². The van der Waals surface area contributed by atoms with Gasteiger partial charge in [0.15, 0.2) is 0 Å². The highest BCUT2D eigenvalue weighted by atomic mass is 14.2. The molecule has 18 heavy (non-hydrogen) atoms. The summed E-state index contributed by atoms with van der Waals surface area (Å²) >= 11 is 0. The van der Waals surface area contributed by atoms with Gasteiger partial charge in [-0.2, -0.15) is 0 Å². The zero-order chi connectivity index (χ0) is 13.8. The molecule has 0 aliphatic heterocycles. The maximum atomic E-state index is 2.39. The van der Waals surface area contributed by atoms with Gasteiger partial charge in [0.25, 0.3) is 0 Å². The van der Waals surface area contributed by atoms with Crippen molar-refractivity contribution >= 4 is 0 Å². The lowest BCUT2D eigenvalue weighted by molar-refractivity contribution is 0.310. The molecule has 0 fully saturated rings. The molecular formula is C18H38. The second-order valence-electron chi connectivity index (χ2n) is 6.37. The van der Waals surface area contributed by atoms with E-state index in [2.05, 4.69) is 34.6 Å². The topological polar surface area (TPSA) is 0 Å². The molecule has 0 bridgehead atoms. The molecule has 0 rings (SSSR count). The van der Waals surface area contributed by atoms with E-state index >= 15 is 0 Å². The second-order valence-corrected chi connectivity index (χ2v) is 6.37. The van der Waals surface area contributed by atoms with Crippen molar-refractivity contribution in [1.82, 2.24) is 0 Å². The van der Waals surface area contributed by atoms with Crippen LogP contribution in [0.2, 0.25) is 0 Å². The quantitative estimate of drug-likeness (QED) is 0.335. The summed E-state index contributed by atoms with van der Waals surface area (Å²) in [4.78, 5) is 0. The van der Waals surface area contributed by atoms with Gasteiger partial charge in [-0.15, -0.1) is 0 Å². The predicted octanol–water partition coefficient (Wildman–Crippen LogP) is 6.84. The Morgan fingerprint density at radius 1 is 0.667 bits per heavy atom. The molecule has 3 atom stereocenters. The van der Waals surface area contributed by atoms with Crippen LogP contribution in [0.4, 0.5) is 0 Å². The fourth-order valence-corrected chi connectivity index (χ4v) is 2.99. The maximum absolute atomic E-state index is 2.39. The first-order valence-electron chi connectivity index (χ1n) is 8.67. The molecule has 0 heteroatoms. The Bertz CT molecular complexity index is 161. The number of unbranched alkanes of at least 4 members (excludes halogenated alkanes) is 1. The second kappa shape index (κ2) is 12.1. The summed E-state index contributed by atoms with van der Waals surface area (Å²) < 4.78 is 0. The van der Waals surface area contributed by atoms with E-state index in [1.165, 1.54) is 64.2 Å². The molecule has 0 radical (unpaired) electrons. The van der Waals surface area contributed by atoms with Crippen LogP contribution in [-0.4, -0.2) is 0 Å². The molecule has 0 aromatic heterocycles. The first-order chi connectivity index (χ1) is 8.67. The van der Waals surface area contributed by atoms with Crippen molar-refractivity contribution in [1.29, 1.82) is 0 Å². The molecule has 0 amide bonds. The lowest BCUT2D eigenvalue weighted by Gasteiger charge is -2.21. The molecule has 0 saturated carbocycles. The minimum absolute atomic E-state index is 0.938. The van der Waals surface area contributed by atoms with E-state index in [1.807, 2.05) is 0 Å². The van der Waals surface area contributed by atoms with Gasteiger partial charge in [0.05, 0.1) is 0 Å². The zero-order valence-electron chi connectivity index (χ0n) is 13.8. The van der Waals surface area contributed by atoms with Crippen LogP contribution in [0.15, 0.2) is 0 Å². The van der Waals surface area contributed by atoms with Gasteiger partial charge in [-0.1, -0.05) is 92.4 Å². The van der Waals surface area contributed by atoms with Crippen molar-refractivity contribution in [2.75, 3.05) is 0 Å². The predicted molar refractivity (Wildman–Crippen MR) is 85.0 cm³/mol. The third-order valence-electron chi connectivity index (χ3n) is 4.77. The highest BCUT2D eigenvalue weighted by Gasteiger charge is 2.13. The Labute approximate surface area is 117 Å². The van der Waals surface area contributed by atoms with Crippen molar-refractivity contribution in [3.63, 3.8) is 0 Å². The molecule has 0 spiro atoms. The fraction of sp³-hybridized carbons (Fsp3) is 1.00. The van der Waals surface area contributed by atoms with E-state index in [0.29, 0.717) is 0 Å². The van der Waals surface area contributed by atoms with E-state index in [9.17, 15) is 0 Å².